The molecular formula is C20H22IN3O4. The monoisotopic (exact) mass is 495 g/mol. The quantitative estimate of drug-likeness (QED) is 0.405. The molecule has 0 aliphatic carbocycles. The van der Waals surface area contributed by atoms with Gasteiger partial charge >= 0.3 is 0 Å². The molecule has 0 unspecified atom stereocenters. The fourth-order valence-corrected chi connectivity index (χ4v) is 3.07. The van der Waals surface area contributed by atoms with Crippen molar-refractivity contribution in [3.05, 3.63) is 57.2 Å². The number of unbranched alkanes of at least 4 members (excludes halogenated alkanes) is 1. The molecule has 2 aromatic rings. The van der Waals surface area contributed by atoms with Gasteiger partial charge in [0.25, 0.3) is 11.8 Å². The average Bonchev–Trinajstić information content (AvgIpc) is 2.70. The van der Waals surface area contributed by atoms with E-state index in [-0.39, 0.29) is 5.91 Å². The van der Waals surface area contributed by atoms with E-state index in [2.05, 4.69) is 38.8 Å². The molecule has 0 saturated carbocycles. The molecule has 0 fully saturated rings. The zero-order valence-electron chi connectivity index (χ0n) is 15.7. The zero-order chi connectivity index (χ0) is 20.5. The molecule has 148 valence electrons. The summed E-state index contributed by atoms with van der Waals surface area (Å²) in [7, 11) is 1.55. The third-order valence-corrected chi connectivity index (χ3v) is 4.73. The minimum Gasteiger partial charge on any atom is -0.496 e. The van der Waals surface area contributed by atoms with Crippen LogP contribution in [-0.2, 0) is 4.79 Å². The fraction of sp³-hybridized carbons (Fsp3) is 0.250. The molecule has 0 heterocycles. The summed E-state index contributed by atoms with van der Waals surface area (Å²) < 4.78 is 5.94. The highest BCUT2D eigenvalue weighted by Crippen LogP contribution is 2.21. The van der Waals surface area contributed by atoms with E-state index in [1.54, 1.807) is 49.6 Å². The van der Waals surface area contributed by atoms with Crippen LogP contribution in [0.5, 0.6) is 5.75 Å². The summed E-state index contributed by atoms with van der Waals surface area (Å²) in [6.07, 6.45) is 2.25. The third-order valence-electron chi connectivity index (χ3n) is 3.89. The first-order chi connectivity index (χ1) is 13.4. The first kappa shape index (κ1) is 21.7. The van der Waals surface area contributed by atoms with Crippen molar-refractivity contribution in [3.8, 4) is 5.75 Å². The third kappa shape index (κ3) is 6.22. The van der Waals surface area contributed by atoms with Crippen LogP contribution in [0.1, 0.15) is 46.9 Å². The second-order valence-corrected chi connectivity index (χ2v) is 7.15. The first-order valence-electron chi connectivity index (χ1n) is 8.78. The van der Waals surface area contributed by atoms with Gasteiger partial charge in [-0.1, -0.05) is 13.3 Å². The number of ether oxygens (including phenoxy) is 1. The Kier molecular flexibility index (Phi) is 8.24. The van der Waals surface area contributed by atoms with Crippen molar-refractivity contribution in [2.75, 3.05) is 12.4 Å². The number of nitrogens with one attached hydrogen (secondary N) is 3. The normalized spacial score (nSPS) is 10.1. The minimum atomic E-state index is -0.458. The van der Waals surface area contributed by atoms with Gasteiger partial charge in [-0.25, -0.2) is 0 Å². The van der Waals surface area contributed by atoms with Crippen LogP contribution in [0.25, 0.3) is 0 Å². The average molecular weight is 495 g/mol. The topological polar surface area (TPSA) is 96.5 Å². The van der Waals surface area contributed by atoms with Gasteiger partial charge in [-0.2, -0.15) is 0 Å². The highest BCUT2D eigenvalue weighted by atomic mass is 127. The van der Waals surface area contributed by atoms with Crippen molar-refractivity contribution in [2.24, 2.45) is 0 Å². The Bertz CT molecular complexity index is 853. The van der Waals surface area contributed by atoms with Crippen LogP contribution >= 0.6 is 22.6 Å². The van der Waals surface area contributed by atoms with Crippen molar-refractivity contribution in [3.63, 3.8) is 0 Å². The lowest BCUT2D eigenvalue weighted by Crippen LogP contribution is -2.41. The number of methoxy groups -OCH3 is 1. The molecule has 7 nitrogen and oxygen atoms in total. The molecule has 0 spiro atoms. The molecule has 0 saturated heterocycles. The van der Waals surface area contributed by atoms with Crippen LogP contribution in [0.3, 0.4) is 0 Å². The molecule has 3 N–H and O–H groups in total. The summed E-state index contributed by atoms with van der Waals surface area (Å²) in [5, 5.41) is 2.78. The Balaban J connectivity index is 1.89. The smallest absolute Gasteiger partial charge is 0.269 e. The van der Waals surface area contributed by atoms with Crippen LogP contribution in [0.15, 0.2) is 42.5 Å². The molecule has 0 atom stereocenters. The second kappa shape index (κ2) is 10.6. The van der Waals surface area contributed by atoms with E-state index < -0.39 is 11.8 Å². The molecule has 0 radical (unpaired) electrons. The van der Waals surface area contributed by atoms with Crippen LogP contribution < -0.4 is 20.9 Å². The van der Waals surface area contributed by atoms with E-state index in [0.29, 0.717) is 29.0 Å². The maximum absolute atomic E-state index is 12.2. The van der Waals surface area contributed by atoms with Gasteiger partial charge in [0.1, 0.15) is 5.75 Å². The number of carbonyl (C=O) groups excluding carboxylic acids is 3. The Morgan fingerprint density at radius 1 is 0.964 bits per heavy atom. The van der Waals surface area contributed by atoms with E-state index in [1.807, 2.05) is 6.92 Å². The zero-order valence-corrected chi connectivity index (χ0v) is 17.8. The number of anilines is 1. The van der Waals surface area contributed by atoms with Crippen LogP contribution in [0.2, 0.25) is 0 Å². The van der Waals surface area contributed by atoms with Gasteiger partial charge in [0, 0.05) is 23.2 Å². The Morgan fingerprint density at radius 2 is 1.57 bits per heavy atom. The Morgan fingerprint density at radius 3 is 2.14 bits per heavy atom. The van der Waals surface area contributed by atoms with Crippen LogP contribution in [-0.4, -0.2) is 24.8 Å². The second-order valence-electron chi connectivity index (χ2n) is 5.99. The molecule has 3 amide bonds. The van der Waals surface area contributed by atoms with E-state index in [0.717, 1.165) is 16.4 Å². The fourth-order valence-electron chi connectivity index (χ4n) is 2.33. The van der Waals surface area contributed by atoms with Crippen molar-refractivity contribution < 1.29 is 19.1 Å². The maximum Gasteiger partial charge on any atom is 0.269 e. The van der Waals surface area contributed by atoms with Gasteiger partial charge in [0.2, 0.25) is 5.91 Å². The minimum absolute atomic E-state index is 0.0551. The molecule has 2 aromatic carbocycles. The van der Waals surface area contributed by atoms with Crippen molar-refractivity contribution in [1.29, 1.82) is 0 Å². The molecule has 2 rings (SSSR count). The van der Waals surface area contributed by atoms with Gasteiger partial charge < -0.3 is 10.1 Å². The van der Waals surface area contributed by atoms with Crippen molar-refractivity contribution >= 4 is 46.0 Å². The molecule has 8 heteroatoms. The Hall–Kier alpha value is -2.62. The van der Waals surface area contributed by atoms with Gasteiger partial charge in [0.15, 0.2) is 0 Å². The molecule has 0 aliphatic heterocycles. The summed E-state index contributed by atoms with van der Waals surface area (Å²) in [4.78, 5) is 36.1. The van der Waals surface area contributed by atoms with E-state index >= 15 is 0 Å². The molecule has 0 bridgehead atoms. The van der Waals surface area contributed by atoms with Crippen LogP contribution in [0, 0.1) is 3.57 Å². The molecular weight excluding hydrogens is 473 g/mol. The number of halogens is 1. The summed E-state index contributed by atoms with van der Waals surface area (Å²) in [5.41, 5.74) is 6.13. The lowest BCUT2D eigenvalue weighted by atomic mass is 10.2. The van der Waals surface area contributed by atoms with Crippen LogP contribution in [0.4, 0.5) is 5.69 Å². The molecule has 0 aromatic heterocycles. The number of amides is 3. The number of benzene rings is 2. The van der Waals surface area contributed by atoms with Gasteiger partial charge in [-0.15, -0.1) is 0 Å². The number of hydrazine groups is 1. The van der Waals surface area contributed by atoms with Gasteiger partial charge in [-0.05, 0) is 71.5 Å². The highest BCUT2D eigenvalue weighted by Gasteiger charge is 2.11. The van der Waals surface area contributed by atoms with Crippen molar-refractivity contribution in [1.82, 2.24) is 10.9 Å². The van der Waals surface area contributed by atoms with Crippen molar-refractivity contribution in [2.45, 2.75) is 26.2 Å². The molecule has 28 heavy (non-hydrogen) atoms. The number of rotatable bonds is 7. The summed E-state index contributed by atoms with van der Waals surface area (Å²) in [6.45, 7) is 2.02. The predicted octanol–water partition coefficient (Wildman–Crippen LogP) is 3.50. The SMILES string of the molecule is CCCCC(=O)Nc1ccc(C(=O)NNC(=O)c2ccc(OC)c(I)c2)cc1. The number of hydrogen-bond donors (Lipinski definition) is 3. The lowest BCUT2D eigenvalue weighted by Gasteiger charge is -2.10. The predicted molar refractivity (Wildman–Crippen MR) is 115 cm³/mol. The largest absolute Gasteiger partial charge is 0.496 e. The highest BCUT2D eigenvalue weighted by molar-refractivity contribution is 14.1. The van der Waals surface area contributed by atoms with E-state index in [1.165, 1.54) is 0 Å². The standard InChI is InChI=1S/C20H22IN3O4/c1-3-4-5-18(25)22-15-9-6-13(7-10-15)19(26)23-24-20(27)14-8-11-17(28-2)16(21)12-14/h6-12H,3-5H2,1-2H3,(H,22,25)(H,23,26)(H,24,27). The summed E-state index contributed by atoms with van der Waals surface area (Å²) in [6, 6.07) is 11.4. The van der Waals surface area contributed by atoms with E-state index in [9.17, 15) is 14.4 Å². The van der Waals surface area contributed by atoms with Gasteiger partial charge in [-0.3, -0.25) is 25.2 Å². The maximum atomic E-state index is 12.2. The summed E-state index contributed by atoms with van der Waals surface area (Å²) >= 11 is 2.07. The van der Waals surface area contributed by atoms with Gasteiger partial charge in [0.05, 0.1) is 10.7 Å². The first-order valence-corrected chi connectivity index (χ1v) is 9.86. The number of carbonyl (C=O) groups is 3. The molecule has 0 aliphatic rings. The lowest BCUT2D eigenvalue weighted by molar-refractivity contribution is -0.116. The summed E-state index contributed by atoms with van der Waals surface area (Å²) in [5.74, 6) is -0.280. The van der Waals surface area contributed by atoms with E-state index in [4.69, 9.17) is 4.74 Å². The number of hydrogen-bond acceptors (Lipinski definition) is 4. The Labute approximate surface area is 177 Å².